The molecule has 4 nitrogen and oxygen atoms in total. The van der Waals surface area contributed by atoms with Gasteiger partial charge < -0.3 is 4.52 Å². The van der Waals surface area contributed by atoms with Crippen LogP contribution in [0.15, 0.2) is 10.7 Å². The van der Waals surface area contributed by atoms with Crippen LogP contribution in [0, 0.1) is 0 Å². The molecule has 1 heterocycles. The second-order valence-corrected chi connectivity index (χ2v) is 2.41. The van der Waals surface area contributed by atoms with Crippen molar-refractivity contribution in [3.05, 3.63) is 17.5 Å². The van der Waals surface area contributed by atoms with Gasteiger partial charge in [0.1, 0.15) is 5.76 Å². The van der Waals surface area contributed by atoms with Crippen LogP contribution in [0.1, 0.15) is 22.5 Å². The first kappa shape index (κ1) is 6.27. The van der Waals surface area contributed by atoms with Crippen molar-refractivity contribution in [1.29, 1.82) is 0 Å². The lowest BCUT2D eigenvalue weighted by atomic mass is 9.97. The molecule has 0 fully saturated rings. The summed E-state index contributed by atoms with van der Waals surface area (Å²) >= 11 is 0. The number of Topliss-reactive ketones (excluding diaryl/α,β-unsaturated/α-hetero) is 2. The maximum Gasteiger partial charge on any atom is 0.233 e. The zero-order chi connectivity index (χ0) is 7.84. The Morgan fingerprint density at radius 2 is 2.18 bits per heavy atom. The molecule has 2 rings (SSSR count). The van der Waals surface area contributed by atoms with Crippen LogP contribution >= 0.6 is 0 Å². The summed E-state index contributed by atoms with van der Waals surface area (Å²) in [6.07, 6.45) is 2.05. The van der Waals surface area contributed by atoms with Gasteiger partial charge in [0, 0.05) is 12.8 Å². The lowest BCUT2D eigenvalue weighted by Gasteiger charge is -2.04. The number of aryl methyl sites for hydroxylation is 1. The molecule has 0 aliphatic heterocycles. The van der Waals surface area contributed by atoms with Crippen LogP contribution in [0.4, 0.5) is 0 Å². The van der Waals surface area contributed by atoms with Crippen LogP contribution < -0.4 is 0 Å². The number of ketones is 2. The lowest BCUT2D eigenvalue weighted by Crippen LogP contribution is -2.20. The summed E-state index contributed by atoms with van der Waals surface area (Å²) in [5.74, 6) is -0.275. The normalized spacial score (nSPS) is 16.7. The third kappa shape index (κ3) is 0.790. The smallest absolute Gasteiger partial charge is 0.233 e. The predicted molar refractivity (Wildman–Crippen MR) is 34.2 cm³/mol. The fourth-order valence-electron chi connectivity index (χ4n) is 1.12. The molecule has 0 amide bonds. The first-order valence-electron chi connectivity index (χ1n) is 3.30. The van der Waals surface area contributed by atoms with Crippen molar-refractivity contribution in [3.63, 3.8) is 0 Å². The van der Waals surface area contributed by atoms with E-state index in [1.165, 1.54) is 6.20 Å². The molecule has 0 N–H and O–H groups in total. The zero-order valence-corrected chi connectivity index (χ0v) is 5.66. The van der Waals surface area contributed by atoms with E-state index in [-0.39, 0.29) is 12.2 Å². The Hall–Kier alpha value is -1.45. The topological polar surface area (TPSA) is 60.2 Å². The third-order valence-corrected chi connectivity index (χ3v) is 1.72. The van der Waals surface area contributed by atoms with Gasteiger partial charge in [-0.2, -0.15) is 0 Å². The highest BCUT2D eigenvalue weighted by Crippen LogP contribution is 2.17. The Balaban J connectivity index is 2.54. The van der Waals surface area contributed by atoms with Crippen LogP contribution in [0.2, 0.25) is 0 Å². The van der Waals surface area contributed by atoms with Crippen molar-refractivity contribution in [2.24, 2.45) is 0 Å². The maximum atomic E-state index is 11.0. The Kier molecular flexibility index (Phi) is 1.15. The van der Waals surface area contributed by atoms with E-state index in [1.54, 1.807) is 0 Å². The number of carbonyl (C=O) groups excluding carboxylic acids is 2. The van der Waals surface area contributed by atoms with E-state index < -0.39 is 5.78 Å². The first-order chi connectivity index (χ1) is 5.29. The summed E-state index contributed by atoms with van der Waals surface area (Å²) in [5.41, 5.74) is 0.334. The number of hydrogen-bond acceptors (Lipinski definition) is 4. The highest BCUT2D eigenvalue weighted by atomic mass is 16.5. The molecule has 0 saturated heterocycles. The highest BCUT2D eigenvalue weighted by Gasteiger charge is 2.27. The van der Waals surface area contributed by atoms with Crippen LogP contribution in [0.25, 0.3) is 0 Å². The molecule has 1 aliphatic carbocycles. The summed E-state index contributed by atoms with van der Waals surface area (Å²) in [6, 6.07) is 0. The van der Waals surface area contributed by atoms with E-state index in [9.17, 15) is 9.59 Å². The lowest BCUT2D eigenvalue weighted by molar-refractivity contribution is -0.115. The van der Waals surface area contributed by atoms with E-state index in [4.69, 9.17) is 4.52 Å². The fraction of sp³-hybridized carbons (Fsp3) is 0.286. The van der Waals surface area contributed by atoms with Gasteiger partial charge in [0.2, 0.25) is 11.6 Å². The van der Waals surface area contributed by atoms with Gasteiger partial charge >= 0.3 is 0 Å². The zero-order valence-electron chi connectivity index (χ0n) is 5.66. The van der Waals surface area contributed by atoms with Crippen molar-refractivity contribution in [2.45, 2.75) is 12.8 Å². The molecule has 1 aliphatic rings. The van der Waals surface area contributed by atoms with Gasteiger partial charge in [0.05, 0.1) is 11.8 Å². The molecular weight excluding hydrogens is 146 g/mol. The predicted octanol–water partition coefficient (Wildman–Crippen LogP) is 0.373. The molecule has 1 aromatic heterocycles. The minimum Gasteiger partial charge on any atom is -0.361 e. The quantitative estimate of drug-likeness (QED) is 0.502. The summed E-state index contributed by atoms with van der Waals surface area (Å²) in [6.45, 7) is 0. The van der Waals surface area contributed by atoms with Crippen LogP contribution in [-0.2, 0) is 11.2 Å². The second kappa shape index (κ2) is 2.02. The van der Waals surface area contributed by atoms with E-state index in [0.29, 0.717) is 17.7 Å². The summed E-state index contributed by atoms with van der Waals surface area (Å²) in [5, 5.41) is 3.44. The largest absolute Gasteiger partial charge is 0.361 e. The Morgan fingerprint density at radius 3 is 3.00 bits per heavy atom. The van der Waals surface area contributed by atoms with Crippen molar-refractivity contribution in [2.75, 3.05) is 0 Å². The van der Waals surface area contributed by atoms with Crippen molar-refractivity contribution in [3.8, 4) is 0 Å². The molecule has 0 bridgehead atoms. The van der Waals surface area contributed by atoms with E-state index in [1.807, 2.05) is 0 Å². The van der Waals surface area contributed by atoms with Gasteiger partial charge in [-0.15, -0.1) is 0 Å². The highest BCUT2D eigenvalue weighted by molar-refractivity contribution is 6.44. The average molecular weight is 151 g/mol. The Labute approximate surface area is 62.2 Å². The van der Waals surface area contributed by atoms with Gasteiger partial charge in [0.15, 0.2) is 0 Å². The van der Waals surface area contributed by atoms with Gasteiger partial charge in [-0.3, -0.25) is 9.59 Å². The molecule has 4 heteroatoms. The molecule has 0 spiro atoms. The first-order valence-corrected chi connectivity index (χ1v) is 3.30. The monoisotopic (exact) mass is 151 g/mol. The third-order valence-electron chi connectivity index (χ3n) is 1.72. The summed E-state index contributed by atoms with van der Waals surface area (Å²) in [4.78, 5) is 21.9. The minimum atomic E-state index is -0.465. The molecule has 0 aromatic carbocycles. The molecule has 0 radical (unpaired) electrons. The van der Waals surface area contributed by atoms with Gasteiger partial charge in [-0.05, 0) is 0 Å². The Morgan fingerprint density at radius 1 is 1.36 bits per heavy atom. The van der Waals surface area contributed by atoms with E-state index in [2.05, 4.69) is 5.16 Å². The molecule has 0 saturated carbocycles. The number of hydrogen-bond donors (Lipinski definition) is 0. The Bertz CT molecular complexity index is 326. The number of nitrogens with zero attached hydrogens (tertiary/aromatic N) is 1. The van der Waals surface area contributed by atoms with Gasteiger partial charge in [-0.25, -0.2) is 0 Å². The SMILES string of the molecule is O=C1CCc2oncc2C1=O. The van der Waals surface area contributed by atoms with Crippen molar-refractivity contribution in [1.82, 2.24) is 5.16 Å². The molecule has 0 atom stereocenters. The molecule has 0 unspecified atom stereocenters. The number of carbonyl (C=O) groups is 2. The average Bonchev–Trinajstić information content (AvgIpc) is 2.45. The van der Waals surface area contributed by atoms with Crippen LogP contribution in [0.3, 0.4) is 0 Å². The molecule has 56 valence electrons. The maximum absolute atomic E-state index is 11.0. The van der Waals surface area contributed by atoms with Crippen molar-refractivity contribution < 1.29 is 14.1 Å². The number of rotatable bonds is 0. The molecule has 11 heavy (non-hydrogen) atoms. The summed E-state index contributed by atoms with van der Waals surface area (Å²) < 4.78 is 4.75. The summed E-state index contributed by atoms with van der Waals surface area (Å²) in [7, 11) is 0. The van der Waals surface area contributed by atoms with Crippen LogP contribution in [0.5, 0.6) is 0 Å². The fourth-order valence-corrected chi connectivity index (χ4v) is 1.12. The number of fused-ring (bicyclic) bond motifs is 1. The van der Waals surface area contributed by atoms with Gasteiger partial charge in [0.25, 0.3) is 0 Å². The van der Waals surface area contributed by atoms with E-state index in [0.717, 1.165) is 0 Å². The van der Waals surface area contributed by atoms with Crippen LogP contribution in [-0.4, -0.2) is 16.7 Å². The minimum absolute atomic E-state index is 0.251. The van der Waals surface area contributed by atoms with E-state index >= 15 is 0 Å². The second-order valence-electron chi connectivity index (χ2n) is 2.41. The van der Waals surface area contributed by atoms with Gasteiger partial charge in [-0.1, -0.05) is 5.16 Å². The van der Waals surface area contributed by atoms with Crippen molar-refractivity contribution >= 4 is 11.6 Å². The molecular formula is C7H5NO3. The number of aromatic nitrogens is 1. The molecule has 1 aromatic rings. The standard InChI is InChI=1S/C7H5NO3/c9-5-1-2-6-4(7(5)10)3-8-11-6/h3H,1-2H2.